The SMILES string of the molecule is CC(=O)O.[C-]#[N+]c1c(N2CCCC2=O)[n-]c(/C=C2\N=C(N=C(O)C(C)NS(C)(=O)=O)C(OC(=O)C3C(C)CC(C)CC3C)=C2c2ccccc2)c1-c1ccccc1.[Zn]. The largest absolute Gasteiger partial charge is 0.495 e. The molecule has 3 unspecified atom stereocenters. The summed E-state index contributed by atoms with van der Waals surface area (Å²) in [7, 11) is -3.72. The van der Waals surface area contributed by atoms with Crippen molar-refractivity contribution in [2.24, 2.45) is 33.7 Å². The maximum absolute atomic E-state index is 14.2. The van der Waals surface area contributed by atoms with E-state index in [1.165, 1.54) is 11.8 Å². The fourth-order valence-corrected chi connectivity index (χ4v) is 8.53. The number of amidine groups is 1. The summed E-state index contributed by atoms with van der Waals surface area (Å²) < 4.78 is 32.6. The van der Waals surface area contributed by atoms with Crippen molar-refractivity contribution in [3.63, 3.8) is 0 Å². The fraction of sp³-hybridized carbons (Fsp3) is 0.381. The number of nitrogens with one attached hydrogen (secondary N) is 1. The van der Waals surface area contributed by atoms with E-state index in [9.17, 15) is 23.1 Å². The third kappa shape index (κ3) is 10.8. The molecule has 1 saturated heterocycles. The quantitative estimate of drug-likeness (QED) is 0.0668. The van der Waals surface area contributed by atoms with Crippen LogP contribution in [-0.2, 0) is 48.6 Å². The maximum atomic E-state index is 14.2. The van der Waals surface area contributed by atoms with Crippen LogP contribution in [0.4, 0.5) is 11.5 Å². The van der Waals surface area contributed by atoms with Gasteiger partial charge in [0.1, 0.15) is 5.91 Å². The van der Waals surface area contributed by atoms with Gasteiger partial charge in [-0.1, -0.05) is 87.3 Å². The number of nitrogens with zero attached hydrogens (tertiary/aromatic N) is 5. The molecule has 0 bridgehead atoms. The number of carbonyl (C=O) groups excluding carboxylic acids is 2. The number of aliphatic carboxylic acids is 1. The Kier molecular flexibility index (Phi) is 15.3. The van der Waals surface area contributed by atoms with Crippen LogP contribution in [0, 0.1) is 30.2 Å². The number of aliphatic hydroxyl groups is 1. The molecule has 16 heteroatoms. The minimum absolute atomic E-state index is 0. The van der Waals surface area contributed by atoms with Crippen molar-refractivity contribution >= 4 is 62.8 Å². The van der Waals surface area contributed by atoms with Crippen LogP contribution in [-0.4, -0.2) is 67.1 Å². The van der Waals surface area contributed by atoms with Crippen molar-refractivity contribution in [1.29, 1.82) is 0 Å². The molecule has 0 radical (unpaired) electrons. The number of amides is 1. The molecule has 3 aliphatic rings. The number of allylic oxidation sites excluding steroid dienone is 1. The summed E-state index contributed by atoms with van der Waals surface area (Å²) in [6.07, 6.45) is 5.37. The second-order valence-corrected chi connectivity index (χ2v) is 16.6. The average Bonchev–Trinajstić information content (AvgIpc) is 3.82. The number of sulfonamides is 1. The number of carbonyl (C=O) groups is 3. The van der Waals surface area contributed by atoms with E-state index in [1.54, 1.807) is 6.08 Å². The molecule has 14 nitrogen and oxygen atoms in total. The summed E-state index contributed by atoms with van der Waals surface area (Å²) in [5, 5.41) is 18.5. The summed E-state index contributed by atoms with van der Waals surface area (Å²) in [6.45, 7) is 17.4. The Morgan fingerprint density at radius 2 is 1.62 bits per heavy atom. The summed E-state index contributed by atoms with van der Waals surface area (Å²) in [5.41, 5.74) is 3.10. The Morgan fingerprint density at radius 3 is 2.14 bits per heavy atom. The number of esters is 1. The van der Waals surface area contributed by atoms with Crippen LogP contribution in [0.5, 0.6) is 0 Å². The molecule has 3 heterocycles. The number of aliphatic hydroxyl groups excluding tert-OH is 1. The standard InChI is InChI=1S/C40H43N6O6S.C2H4O2.Zn/c1-23-20-24(2)32(25(3)21-23)40(49)52-36-34(28-16-11-8-12-17-28)30(42-37(36)44-39(48)26(4)45-53(6,50)51)22-29-33(27-14-9-7-10-15-27)35(41-5)38(43-29)46-19-13-18-31(46)47;1-2(3)4;/h7-12,14-17,22-26,32,45H,13,18-21H2,1-4,6H3,(H-,42,43,44,48);1H3,(H,3,4);/q-1;;. The van der Waals surface area contributed by atoms with E-state index in [4.69, 9.17) is 31.2 Å². The van der Waals surface area contributed by atoms with Crippen molar-refractivity contribution in [3.05, 3.63) is 94.8 Å². The van der Waals surface area contributed by atoms with Crippen molar-refractivity contribution in [2.75, 3.05) is 17.7 Å². The van der Waals surface area contributed by atoms with Gasteiger partial charge in [-0.05, 0) is 78.9 Å². The van der Waals surface area contributed by atoms with Crippen molar-refractivity contribution in [1.82, 2.24) is 9.71 Å². The Hall–Kier alpha value is -5.23. The molecule has 302 valence electrons. The first-order valence-electron chi connectivity index (χ1n) is 18.7. The van der Waals surface area contributed by atoms with E-state index in [-0.39, 0.29) is 66.0 Å². The van der Waals surface area contributed by atoms with Crippen LogP contribution in [0.15, 0.2) is 82.1 Å². The number of anilines is 1. The van der Waals surface area contributed by atoms with Crippen LogP contribution in [0.25, 0.3) is 27.6 Å². The summed E-state index contributed by atoms with van der Waals surface area (Å²) in [6, 6.07) is 17.3. The molecule has 3 N–H and O–H groups in total. The Bertz CT molecular complexity index is 2280. The number of carboxylic acids is 1. The molecule has 3 atom stereocenters. The van der Waals surface area contributed by atoms with Crippen molar-refractivity contribution in [3.8, 4) is 11.1 Å². The van der Waals surface area contributed by atoms with Gasteiger partial charge in [0.25, 0.3) is 5.97 Å². The van der Waals surface area contributed by atoms with E-state index < -0.39 is 39.8 Å². The third-order valence-corrected chi connectivity index (χ3v) is 10.7. The van der Waals surface area contributed by atoms with Gasteiger partial charge in [-0.15, -0.1) is 0 Å². The maximum Gasteiger partial charge on any atom is 0.315 e. The van der Waals surface area contributed by atoms with Gasteiger partial charge in [0.2, 0.25) is 15.9 Å². The number of ether oxygens (including phenoxy) is 1. The van der Waals surface area contributed by atoms with E-state index >= 15 is 0 Å². The van der Waals surface area contributed by atoms with E-state index in [1.807, 2.05) is 74.5 Å². The molecular weight excluding hydrogens is 814 g/mol. The van der Waals surface area contributed by atoms with Crippen molar-refractivity contribution < 1.29 is 57.2 Å². The molecule has 1 aromatic heterocycles. The topological polar surface area (TPSA) is 193 Å². The van der Waals surface area contributed by atoms with Crippen LogP contribution in [0.2, 0.25) is 0 Å². The number of aromatic nitrogens is 1. The monoisotopic (exact) mass is 859 g/mol. The van der Waals surface area contributed by atoms with Crippen LogP contribution in [0.3, 0.4) is 0 Å². The summed E-state index contributed by atoms with van der Waals surface area (Å²) in [4.78, 5) is 55.5. The molecule has 2 fully saturated rings. The number of benzene rings is 2. The molecule has 58 heavy (non-hydrogen) atoms. The zero-order valence-corrected chi connectivity index (χ0v) is 37.3. The molecule has 3 aromatic rings. The van der Waals surface area contributed by atoms with Gasteiger partial charge in [0.05, 0.1) is 36.1 Å². The molecule has 1 amide bonds. The molecular formula is C42H47N6O8SZn-. The predicted molar refractivity (Wildman–Crippen MR) is 219 cm³/mol. The van der Waals surface area contributed by atoms with Gasteiger partial charge in [0, 0.05) is 32.8 Å². The molecule has 1 aliphatic carbocycles. The van der Waals surface area contributed by atoms with Crippen molar-refractivity contribution in [2.45, 2.75) is 66.3 Å². The molecule has 2 aromatic carbocycles. The summed E-state index contributed by atoms with van der Waals surface area (Å²) in [5.74, 6) is -1.71. The van der Waals surface area contributed by atoms with Gasteiger partial charge in [-0.3, -0.25) is 14.4 Å². The second kappa shape index (κ2) is 19.5. The van der Waals surface area contributed by atoms with Crippen LogP contribution < -0.4 is 14.6 Å². The van der Waals surface area contributed by atoms with Gasteiger partial charge >= 0.3 is 5.97 Å². The van der Waals surface area contributed by atoms with Gasteiger partial charge in [-0.25, -0.2) is 23.0 Å². The number of rotatable bonds is 9. The predicted octanol–water partition coefficient (Wildman–Crippen LogP) is 7.00. The minimum Gasteiger partial charge on any atom is -0.495 e. The minimum atomic E-state index is -3.72. The molecule has 2 aliphatic heterocycles. The first-order chi connectivity index (χ1) is 27.0. The molecule has 1 saturated carbocycles. The molecule has 6 rings (SSSR count). The van der Waals surface area contributed by atoms with Gasteiger partial charge in [0.15, 0.2) is 17.3 Å². The fourth-order valence-electron chi connectivity index (χ4n) is 7.79. The number of hydrogen-bond donors (Lipinski definition) is 3. The molecule has 0 spiro atoms. The smallest absolute Gasteiger partial charge is 0.315 e. The van der Waals surface area contributed by atoms with Gasteiger partial charge in [-0.2, -0.15) is 4.99 Å². The van der Waals surface area contributed by atoms with E-state index in [2.05, 4.69) is 21.5 Å². The van der Waals surface area contributed by atoms with E-state index in [0.717, 1.165) is 26.0 Å². The normalized spacial score (nSPS) is 22.1. The first-order valence-corrected chi connectivity index (χ1v) is 20.6. The Labute approximate surface area is 351 Å². The van der Waals surface area contributed by atoms with E-state index in [0.29, 0.717) is 53.3 Å². The van der Waals surface area contributed by atoms with Crippen LogP contribution >= 0.6 is 0 Å². The van der Waals surface area contributed by atoms with Crippen LogP contribution in [0.1, 0.15) is 71.6 Å². The third-order valence-electron chi connectivity index (χ3n) is 9.93. The second-order valence-electron chi connectivity index (χ2n) is 14.8. The zero-order valence-electron chi connectivity index (χ0n) is 33.5. The average molecular weight is 861 g/mol. The summed E-state index contributed by atoms with van der Waals surface area (Å²) >= 11 is 0. The number of carboxylic acid groups (broad SMARTS) is 1. The van der Waals surface area contributed by atoms with Gasteiger partial charge < -0.3 is 24.8 Å². The Morgan fingerprint density at radius 1 is 1.05 bits per heavy atom. The zero-order chi connectivity index (χ0) is 41.6. The number of aliphatic imine (C=N–C) groups is 2. The first kappa shape index (κ1) is 45.5. The number of hydrogen-bond acceptors (Lipinski definition) is 8. The Balaban J connectivity index is 0.00000142.